The Labute approximate surface area is 96.4 Å². The van der Waals surface area contributed by atoms with E-state index in [-0.39, 0.29) is 4.75 Å². The fourth-order valence-corrected chi connectivity index (χ4v) is 2.69. The third kappa shape index (κ3) is 2.29. The largest absolute Gasteiger partial charge is 0.416 e. The number of nitrogens with one attached hydrogen (secondary N) is 1. The molecule has 0 amide bonds. The second-order valence-electron chi connectivity index (χ2n) is 4.42. The van der Waals surface area contributed by atoms with Crippen LogP contribution in [0.2, 0.25) is 0 Å². The Hall–Kier alpha value is -0.840. The summed E-state index contributed by atoms with van der Waals surface area (Å²) in [5.41, 5.74) is -0.0155. The fraction of sp³-hybridized carbons (Fsp3) is 0.455. The molecule has 1 aromatic carbocycles. The number of benzene rings is 1. The normalized spacial score (nSPS) is 18.8. The molecule has 1 heterocycles. The standard InChI is InChI=1S/C11H12F3NS/c1-10(2)6-15-8-5-7(11(12,13)14)3-4-9(8)16-10/h3-5,15H,6H2,1-2H3. The van der Waals surface area contributed by atoms with Crippen LogP contribution in [0.3, 0.4) is 0 Å². The van der Waals surface area contributed by atoms with Gasteiger partial charge in [-0.15, -0.1) is 11.8 Å². The van der Waals surface area contributed by atoms with Crippen molar-refractivity contribution in [1.29, 1.82) is 0 Å². The lowest BCUT2D eigenvalue weighted by Gasteiger charge is -2.32. The van der Waals surface area contributed by atoms with Crippen LogP contribution < -0.4 is 5.32 Å². The number of anilines is 1. The lowest BCUT2D eigenvalue weighted by atomic mass is 10.1. The number of alkyl halides is 3. The Bertz CT molecular complexity index is 412. The second-order valence-corrected chi connectivity index (χ2v) is 6.17. The molecule has 0 aromatic heterocycles. The van der Waals surface area contributed by atoms with Crippen molar-refractivity contribution >= 4 is 17.4 Å². The lowest BCUT2D eigenvalue weighted by Crippen LogP contribution is -2.30. The third-order valence-corrected chi connectivity index (χ3v) is 3.67. The number of thioether (sulfide) groups is 1. The van der Waals surface area contributed by atoms with E-state index in [1.807, 2.05) is 0 Å². The van der Waals surface area contributed by atoms with Gasteiger partial charge in [0.05, 0.1) is 5.56 Å². The first kappa shape index (κ1) is 11.6. The molecule has 5 heteroatoms. The second kappa shape index (κ2) is 3.58. The maximum absolute atomic E-state index is 12.5. The average molecular weight is 247 g/mol. The van der Waals surface area contributed by atoms with Gasteiger partial charge in [-0.1, -0.05) is 0 Å². The first-order chi connectivity index (χ1) is 7.28. The number of halogens is 3. The van der Waals surface area contributed by atoms with E-state index in [9.17, 15) is 13.2 Å². The fourth-order valence-electron chi connectivity index (χ4n) is 1.58. The minimum absolute atomic E-state index is 0.0206. The maximum atomic E-state index is 12.5. The molecule has 0 saturated heterocycles. The number of rotatable bonds is 0. The molecule has 0 atom stereocenters. The Morgan fingerprint density at radius 1 is 1.31 bits per heavy atom. The van der Waals surface area contributed by atoms with Gasteiger partial charge < -0.3 is 5.32 Å². The van der Waals surface area contributed by atoms with E-state index in [4.69, 9.17) is 0 Å². The topological polar surface area (TPSA) is 12.0 Å². The van der Waals surface area contributed by atoms with E-state index < -0.39 is 11.7 Å². The Morgan fingerprint density at radius 2 is 2.00 bits per heavy atom. The van der Waals surface area contributed by atoms with Crippen LogP contribution in [0.5, 0.6) is 0 Å². The van der Waals surface area contributed by atoms with Crippen molar-refractivity contribution in [2.24, 2.45) is 0 Å². The van der Waals surface area contributed by atoms with Crippen molar-refractivity contribution in [1.82, 2.24) is 0 Å². The van der Waals surface area contributed by atoms with E-state index in [0.29, 0.717) is 12.2 Å². The molecule has 88 valence electrons. The van der Waals surface area contributed by atoms with Gasteiger partial charge in [0.2, 0.25) is 0 Å². The highest BCUT2D eigenvalue weighted by Crippen LogP contribution is 2.43. The summed E-state index contributed by atoms with van der Waals surface area (Å²) in [6.45, 7) is 4.79. The molecule has 2 rings (SSSR count). The molecule has 1 aliphatic heterocycles. The van der Waals surface area contributed by atoms with Crippen LogP contribution in [0.1, 0.15) is 19.4 Å². The van der Waals surface area contributed by atoms with Gasteiger partial charge in [0.25, 0.3) is 0 Å². The van der Waals surface area contributed by atoms with Gasteiger partial charge in [-0.2, -0.15) is 13.2 Å². The SMILES string of the molecule is CC1(C)CNc2cc(C(F)(F)F)ccc2S1. The van der Waals surface area contributed by atoms with E-state index in [1.54, 1.807) is 11.8 Å². The summed E-state index contributed by atoms with van der Waals surface area (Å²) in [6.07, 6.45) is -4.27. The molecule has 0 bridgehead atoms. The van der Waals surface area contributed by atoms with Gasteiger partial charge in [-0.05, 0) is 32.0 Å². The Morgan fingerprint density at radius 3 is 2.62 bits per heavy atom. The monoisotopic (exact) mass is 247 g/mol. The first-order valence-electron chi connectivity index (χ1n) is 4.92. The summed E-state index contributed by atoms with van der Waals surface area (Å²) >= 11 is 1.60. The third-order valence-electron chi connectivity index (χ3n) is 2.40. The highest BCUT2D eigenvalue weighted by Gasteiger charge is 2.33. The Kier molecular flexibility index (Phi) is 2.61. The number of hydrogen-bond donors (Lipinski definition) is 1. The van der Waals surface area contributed by atoms with Crippen molar-refractivity contribution in [2.75, 3.05) is 11.9 Å². The molecule has 1 N–H and O–H groups in total. The Balaban J connectivity index is 2.36. The van der Waals surface area contributed by atoms with Crippen LogP contribution in [0.4, 0.5) is 18.9 Å². The molecule has 0 aliphatic carbocycles. The van der Waals surface area contributed by atoms with Gasteiger partial charge in [0.1, 0.15) is 0 Å². The van der Waals surface area contributed by atoms with Crippen LogP contribution in [0.25, 0.3) is 0 Å². The maximum Gasteiger partial charge on any atom is 0.416 e. The van der Waals surface area contributed by atoms with Crippen molar-refractivity contribution in [2.45, 2.75) is 29.7 Å². The minimum atomic E-state index is -4.27. The summed E-state index contributed by atoms with van der Waals surface area (Å²) in [5, 5.41) is 3.04. The molecule has 0 unspecified atom stereocenters. The van der Waals surface area contributed by atoms with Crippen molar-refractivity contribution in [3.05, 3.63) is 23.8 Å². The number of hydrogen-bond acceptors (Lipinski definition) is 2. The summed E-state index contributed by atoms with van der Waals surface area (Å²) in [7, 11) is 0. The van der Waals surface area contributed by atoms with Crippen molar-refractivity contribution in [3.63, 3.8) is 0 Å². The van der Waals surface area contributed by atoms with Crippen LogP contribution in [0, 0.1) is 0 Å². The molecule has 0 radical (unpaired) electrons. The van der Waals surface area contributed by atoms with E-state index >= 15 is 0 Å². The zero-order valence-electron chi connectivity index (χ0n) is 8.98. The molecule has 0 saturated carbocycles. The van der Waals surface area contributed by atoms with E-state index in [2.05, 4.69) is 19.2 Å². The summed E-state index contributed by atoms with van der Waals surface area (Å²) < 4.78 is 37.4. The summed E-state index contributed by atoms with van der Waals surface area (Å²) in [6, 6.07) is 3.85. The summed E-state index contributed by atoms with van der Waals surface area (Å²) in [5.74, 6) is 0. The molecule has 16 heavy (non-hydrogen) atoms. The minimum Gasteiger partial charge on any atom is -0.383 e. The highest BCUT2D eigenvalue weighted by molar-refractivity contribution is 8.00. The zero-order chi connectivity index (χ0) is 12.0. The van der Waals surface area contributed by atoms with Crippen molar-refractivity contribution < 1.29 is 13.2 Å². The van der Waals surface area contributed by atoms with E-state index in [0.717, 1.165) is 11.0 Å². The first-order valence-corrected chi connectivity index (χ1v) is 5.74. The van der Waals surface area contributed by atoms with Gasteiger partial charge in [-0.3, -0.25) is 0 Å². The lowest BCUT2D eigenvalue weighted by molar-refractivity contribution is -0.137. The molecule has 1 nitrogen and oxygen atoms in total. The van der Waals surface area contributed by atoms with E-state index in [1.165, 1.54) is 12.1 Å². The molecule has 0 spiro atoms. The van der Waals surface area contributed by atoms with Gasteiger partial charge >= 0.3 is 6.18 Å². The van der Waals surface area contributed by atoms with Crippen LogP contribution in [0.15, 0.2) is 23.1 Å². The average Bonchev–Trinajstić information content (AvgIpc) is 2.14. The van der Waals surface area contributed by atoms with Gasteiger partial charge in [-0.25, -0.2) is 0 Å². The molecule has 1 aromatic rings. The molecular weight excluding hydrogens is 235 g/mol. The van der Waals surface area contributed by atoms with Crippen LogP contribution >= 0.6 is 11.8 Å². The highest BCUT2D eigenvalue weighted by atomic mass is 32.2. The predicted molar refractivity (Wildman–Crippen MR) is 59.9 cm³/mol. The molecule has 1 aliphatic rings. The van der Waals surface area contributed by atoms with Gasteiger partial charge in [0, 0.05) is 21.9 Å². The quantitative estimate of drug-likeness (QED) is 0.743. The summed E-state index contributed by atoms with van der Waals surface area (Å²) in [4.78, 5) is 0.879. The predicted octanol–water partition coefficient (Wildman–Crippen LogP) is 4.00. The van der Waals surface area contributed by atoms with Gasteiger partial charge in [0.15, 0.2) is 0 Å². The van der Waals surface area contributed by atoms with Crippen LogP contribution in [-0.2, 0) is 6.18 Å². The van der Waals surface area contributed by atoms with Crippen molar-refractivity contribution in [3.8, 4) is 0 Å². The van der Waals surface area contributed by atoms with Crippen LogP contribution in [-0.4, -0.2) is 11.3 Å². The number of fused-ring (bicyclic) bond motifs is 1. The smallest absolute Gasteiger partial charge is 0.383 e. The molecular formula is C11H12F3NS. The molecule has 0 fully saturated rings. The zero-order valence-corrected chi connectivity index (χ0v) is 9.80.